The monoisotopic (exact) mass is 490 g/mol. The zero-order valence-corrected chi connectivity index (χ0v) is 20.8. The summed E-state index contributed by atoms with van der Waals surface area (Å²) in [6, 6.07) is 14.4. The Balaban J connectivity index is 1.54. The van der Waals surface area contributed by atoms with Crippen LogP contribution in [0.25, 0.3) is 16.7 Å². The Bertz CT molecular complexity index is 1390. The van der Waals surface area contributed by atoms with Crippen molar-refractivity contribution in [3.63, 3.8) is 0 Å². The van der Waals surface area contributed by atoms with Crippen LogP contribution in [0.4, 0.5) is 5.69 Å². The molecule has 0 fully saturated rings. The molecule has 2 amide bonds. The summed E-state index contributed by atoms with van der Waals surface area (Å²) in [5.41, 5.74) is 3.19. The van der Waals surface area contributed by atoms with E-state index < -0.39 is 0 Å². The first-order valence-electron chi connectivity index (χ1n) is 11.2. The molecule has 0 bridgehead atoms. The van der Waals surface area contributed by atoms with E-state index in [1.165, 1.54) is 0 Å². The van der Waals surface area contributed by atoms with Crippen molar-refractivity contribution in [3.05, 3.63) is 76.6 Å². The maximum absolute atomic E-state index is 13.1. The van der Waals surface area contributed by atoms with Crippen LogP contribution in [-0.4, -0.2) is 31.8 Å². The molecule has 180 valence electrons. The second kappa shape index (κ2) is 9.84. The van der Waals surface area contributed by atoms with Gasteiger partial charge in [0.2, 0.25) is 5.91 Å². The van der Waals surface area contributed by atoms with E-state index in [0.717, 1.165) is 22.2 Å². The molecule has 0 radical (unpaired) electrons. The Kier molecular flexibility index (Phi) is 6.84. The fraction of sp³-hybridized carbons (Fsp3) is 0.269. The van der Waals surface area contributed by atoms with E-state index in [0.29, 0.717) is 35.1 Å². The number of anilines is 1. The molecule has 0 unspecified atom stereocenters. The van der Waals surface area contributed by atoms with Gasteiger partial charge in [-0.1, -0.05) is 44.5 Å². The van der Waals surface area contributed by atoms with Crippen molar-refractivity contribution in [1.82, 2.24) is 25.3 Å². The molecule has 0 aliphatic rings. The molecule has 0 aliphatic carbocycles. The van der Waals surface area contributed by atoms with Crippen LogP contribution < -0.4 is 10.6 Å². The molecule has 0 atom stereocenters. The number of benzene rings is 2. The average Bonchev–Trinajstić information content (AvgIpc) is 3.23. The Morgan fingerprint density at radius 3 is 2.57 bits per heavy atom. The topological polar surface area (TPSA) is 102 Å². The summed E-state index contributed by atoms with van der Waals surface area (Å²) in [4.78, 5) is 25.3. The summed E-state index contributed by atoms with van der Waals surface area (Å²) in [7, 11) is 0. The molecule has 9 heteroatoms. The van der Waals surface area contributed by atoms with Gasteiger partial charge in [0.1, 0.15) is 0 Å². The van der Waals surface area contributed by atoms with Crippen molar-refractivity contribution in [2.24, 2.45) is 5.41 Å². The number of nitrogens with one attached hydrogen (secondary N) is 2. The second-order valence-electron chi connectivity index (χ2n) is 9.61. The van der Waals surface area contributed by atoms with E-state index in [1.807, 2.05) is 52.0 Å². The van der Waals surface area contributed by atoms with Crippen LogP contribution in [0.3, 0.4) is 0 Å². The predicted molar refractivity (Wildman–Crippen MR) is 137 cm³/mol. The third-order valence-corrected chi connectivity index (χ3v) is 5.65. The fourth-order valence-electron chi connectivity index (χ4n) is 3.64. The van der Waals surface area contributed by atoms with Crippen LogP contribution in [0.5, 0.6) is 0 Å². The molecule has 0 saturated carbocycles. The number of halogens is 1. The largest absolute Gasteiger partial charge is 0.352 e. The molecule has 0 spiro atoms. The average molecular weight is 491 g/mol. The lowest BCUT2D eigenvalue weighted by Gasteiger charge is -2.17. The van der Waals surface area contributed by atoms with Crippen molar-refractivity contribution in [2.45, 2.75) is 40.7 Å². The molecule has 0 saturated heterocycles. The van der Waals surface area contributed by atoms with Crippen LogP contribution >= 0.6 is 11.6 Å². The van der Waals surface area contributed by atoms with Gasteiger partial charge in [-0.15, -0.1) is 5.10 Å². The standard InChI is InChI=1S/C26H27ClN6O2/c1-16-8-11-23(32-31-16)33-22-7-5-6-21(19(22)15-29-33)30-25(35)18-12-17(9-10-20(18)27)14-28-24(34)13-26(2,3)4/h5-12,15H,13-14H2,1-4H3,(H,28,34)(H,30,35). The van der Waals surface area contributed by atoms with Crippen molar-refractivity contribution < 1.29 is 9.59 Å². The van der Waals surface area contributed by atoms with Gasteiger partial charge >= 0.3 is 0 Å². The van der Waals surface area contributed by atoms with E-state index in [-0.39, 0.29) is 17.2 Å². The number of nitrogens with zero attached hydrogens (tertiary/aromatic N) is 4. The van der Waals surface area contributed by atoms with Gasteiger partial charge in [-0.3, -0.25) is 9.59 Å². The number of carbonyl (C=O) groups is 2. The number of hydrogen-bond acceptors (Lipinski definition) is 5. The third kappa shape index (κ3) is 5.84. The maximum atomic E-state index is 13.1. The Morgan fingerprint density at radius 1 is 1.06 bits per heavy atom. The molecule has 2 heterocycles. The van der Waals surface area contributed by atoms with E-state index in [2.05, 4.69) is 25.9 Å². The third-order valence-electron chi connectivity index (χ3n) is 5.32. The number of carbonyl (C=O) groups excluding carboxylic acids is 2. The van der Waals surface area contributed by atoms with Crippen LogP contribution in [0.1, 0.15) is 48.8 Å². The highest BCUT2D eigenvalue weighted by Crippen LogP contribution is 2.27. The molecule has 2 N–H and O–H groups in total. The highest BCUT2D eigenvalue weighted by atomic mass is 35.5. The molecule has 4 rings (SSSR count). The first kappa shape index (κ1) is 24.3. The fourth-order valence-corrected chi connectivity index (χ4v) is 3.84. The zero-order chi connectivity index (χ0) is 25.2. The molecule has 35 heavy (non-hydrogen) atoms. The van der Waals surface area contributed by atoms with Crippen LogP contribution in [0, 0.1) is 12.3 Å². The van der Waals surface area contributed by atoms with Gasteiger partial charge in [-0.25, -0.2) is 4.68 Å². The summed E-state index contributed by atoms with van der Waals surface area (Å²) < 4.78 is 1.67. The van der Waals surface area contributed by atoms with Crippen molar-refractivity contribution >= 4 is 40.0 Å². The summed E-state index contributed by atoms with van der Waals surface area (Å²) >= 11 is 6.34. The van der Waals surface area contributed by atoms with E-state index in [1.54, 1.807) is 35.1 Å². The highest BCUT2D eigenvalue weighted by Gasteiger charge is 2.17. The van der Waals surface area contributed by atoms with Crippen LogP contribution in [-0.2, 0) is 11.3 Å². The number of fused-ring (bicyclic) bond motifs is 1. The second-order valence-corrected chi connectivity index (χ2v) is 10.0. The first-order chi connectivity index (χ1) is 16.6. The predicted octanol–water partition coefficient (Wildman–Crippen LogP) is 5.08. The lowest BCUT2D eigenvalue weighted by atomic mass is 9.92. The summed E-state index contributed by atoms with van der Waals surface area (Å²) in [5.74, 6) is 0.187. The van der Waals surface area contributed by atoms with Gasteiger partial charge in [-0.2, -0.15) is 10.2 Å². The first-order valence-corrected chi connectivity index (χ1v) is 11.6. The molecule has 2 aromatic heterocycles. The zero-order valence-electron chi connectivity index (χ0n) is 20.1. The Labute approximate surface area is 208 Å². The highest BCUT2D eigenvalue weighted by molar-refractivity contribution is 6.34. The van der Waals surface area contributed by atoms with Crippen molar-refractivity contribution in [2.75, 3.05) is 5.32 Å². The molecule has 4 aromatic rings. The van der Waals surface area contributed by atoms with Gasteiger partial charge in [0.05, 0.1) is 33.7 Å². The molecular formula is C26H27ClN6O2. The summed E-state index contributed by atoms with van der Waals surface area (Å²) in [6.07, 6.45) is 2.09. The van der Waals surface area contributed by atoms with E-state index in [9.17, 15) is 9.59 Å². The normalized spacial score (nSPS) is 11.5. The van der Waals surface area contributed by atoms with Crippen molar-refractivity contribution in [3.8, 4) is 5.82 Å². The molecule has 8 nitrogen and oxygen atoms in total. The number of rotatable bonds is 6. The van der Waals surface area contributed by atoms with E-state index in [4.69, 9.17) is 11.6 Å². The minimum atomic E-state index is -0.353. The van der Waals surface area contributed by atoms with Crippen LogP contribution in [0.15, 0.2) is 54.7 Å². The smallest absolute Gasteiger partial charge is 0.257 e. The van der Waals surface area contributed by atoms with Gasteiger partial charge in [0.15, 0.2) is 5.82 Å². The Morgan fingerprint density at radius 2 is 1.86 bits per heavy atom. The summed E-state index contributed by atoms with van der Waals surface area (Å²) in [5, 5.41) is 19.6. The van der Waals surface area contributed by atoms with Gasteiger partial charge in [-0.05, 0) is 54.3 Å². The van der Waals surface area contributed by atoms with Crippen molar-refractivity contribution in [1.29, 1.82) is 0 Å². The maximum Gasteiger partial charge on any atom is 0.257 e. The van der Waals surface area contributed by atoms with Gasteiger partial charge in [0, 0.05) is 18.4 Å². The number of amides is 2. The number of aryl methyl sites for hydroxylation is 1. The number of hydrogen-bond donors (Lipinski definition) is 2. The van der Waals surface area contributed by atoms with Crippen LogP contribution in [0.2, 0.25) is 5.02 Å². The quantitative estimate of drug-likeness (QED) is 0.392. The van der Waals surface area contributed by atoms with E-state index >= 15 is 0 Å². The van der Waals surface area contributed by atoms with Gasteiger partial charge in [0.25, 0.3) is 5.91 Å². The number of aromatic nitrogens is 4. The SMILES string of the molecule is Cc1ccc(-n2ncc3c(NC(=O)c4cc(CNC(=O)CC(C)(C)C)ccc4Cl)cccc32)nn1. The molecule has 2 aromatic carbocycles. The lowest BCUT2D eigenvalue weighted by Crippen LogP contribution is -2.27. The molecule has 0 aliphatic heterocycles. The minimum Gasteiger partial charge on any atom is -0.352 e. The minimum absolute atomic E-state index is 0.0413. The Hall–Kier alpha value is -3.78. The summed E-state index contributed by atoms with van der Waals surface area (Å²) in [6.45, 7) is 8.21. The lowest BCUT2D eigenvalue weighted by molar-refractivity contribution is -0.122. The molecular weight excluding hydrogens is 464 g/mol. The van der Waals surface area contributed by atoms with Gasteiger partial charge < -0.3 is 10.6 Å².